The molecule has 10 heteroatoms. The van der Waals surface area contributed by atoms with E-state index in [9.17, 15) is 8.42 Å². The van der Waals surface area contributed by atoms with Crippen LogP contribution in [-0.4, -0.2) is 33.0 Å². The van der Waals surface area contributed by atoms with Crippen LogP contribution in [0.25, 0.3) is 27.9 Å². The van der Waals surface area contributed by atoms with Crippen molar-refractivity contribution in [3.8, 4) is 11.4 Å². The number of hydrogen-bond acceptors (Lipinski definition) is 7. The molecule has 3 heterocycles. The Bertz CT molecular complexity index is 1640. The number of benzene rings is 2. The first kappa shape index (κ1) is 21.0. The number of rotatable bonds is 4. The lowest BCUT2D eigenvalue weighted by molar-refractivity contribution is 0.598. The first-order valence-corrected chi connectivity index (χ1v) is 11.8. The maximum atomic E-state index is 12.3. The van der Waals surface area contributed by atoms with Gasteiger partial charge in [0, 0.05) is 34.1 Å². The maximum Gasteiger partial charge on any atom is 0.238 e. The van der Waals surface area contributed by atoms with Crippen molar-refractivity contribution < 1.29 is 8.42 Å². The summed E-state index contributed by atoms with van der Waals surface area (Å²) in [5.74, 6) is 0.911. The molecule has 9 nitrogen and oxygen atoms in total. The Hall–Kier alpha value is -3.89. The average molecular weight is 460 g/mol. The van der Waals surface area contributed by atoms with E-state index in [1.165, 1.54) is 6.07 Å². The third-order valence-electron chi connectivity index (χ3n) is 5.20. The number of nitrogens with zero attached hydrogens (tertiary/aromatic N) is 5. The number of hydrogen-bond donors (Lipinski definition) is 2. The molecule has 0 unspecified atom stereocenters. The molecule has 0 amide bonds. The van der Waals surface area contributed by atoms with Gasteiger partial charge in [0.25, 0.3) is 0 Å². The Balaban J connectivity index is 1.69. The van der Waals surface area contributed by atoms with Gasteiger partial charge in [0.05, 0.1) is 16.1 Å². The fourth-order valence-electron chi connectivity index (χ4n) is 3.89. The van der Waals surface area contributed by atoms with Gasteiger partial charge < -0.3 is 5.32 Å². The van der Waals surface area contributed by atoms with E-state index in [2.05, 4.69) is 20.4 Å². The van der Waals surface area contributed by atoms with Crippen LogP contribution in [0.2, 0.25) is 0 Å². The SMILES string of the molecule is Cc1cc(C)nc(-c2cc(Nc3nc4cc(C)nn4c4ccccc34)ccc2S(N)(=O)=O)n1. The largest absolute Gasteiger partial charge is 0.340 e. The van der Waals surface area contributed by atoms with E-state index in [1.807, 2.05) is 57.2 Å². The summed E-state index contributed by atoms with van der Waals surface area (Å²) in [6, 6.07) is 16.3. The normalized spacial score (nSPS) is 11.9. The summed E-state index contributed by atoms with van der Waals surface area (Å²) in [5.41, 5.74) is 4.86. The van der Waals surface area contributed by atoms with Gasteiger partial charge in [-0.25, -0.2) is 33.0 Å². The number of primary sulfonamides is 1. The number of nitrogens with one attached hydrogen (secondary N) is 1. The first-order chi connectivity index (χ1) is 15.7. The average Bonchev–Trinajstić information content (AvgIpc) is 3.13. The zero-order chi connectivity index (χ0) is 23.3. The molecule has 0 spiro atoms. The molecule has 166 valence electrons. The topological polar surface area (TPSA) is 128 Å². The van der Waals surface area contributed by atoms with Crippen molar-refractivity contribution in [2.45, 2.75) is 25.7 Å². The highest BCUT2D eigenvalue weighted by atomic mass is 32.2. The van der Waals surface area contributed by atoms with Gasteiger partial charge in [0.1, 0.15) is 5.82 Å². The Labute approximate surface area is 190 Å². The van der Waals surface area contributed by atoms with Gasteiger partial charge in [-0.2, -0.15) is 5.10 Å². The number of aromatic nitrogens is 5. The van der Waals surface area contributed by atoms with Crippen LogP contribution in [0.15, 0.2) is 59.5 Å². The molecule has 5 aromatic rings. The molecule has 0 fully saturated rings. The van der Waals surface area contributed by atoms with Crippen LogP contribution < -0.4 is 10.5 Å². The molecule has 0 saturated carbocycles. The summed E-state index contributed by atoms with van der Waals surface area (Å²) in [6.07, 6.45) is 0. The quantitative estimate of drug-likeness (QED) is 0.420. The molecule has 2 aromatic carbocycles. The number of aryl methyl sites for hydroxylation is 3. The Morgan fingerprint density at radius 3 is 2.33 bits per heavy atom. The molecule has 5 rings (SSSR count). The zero-order valence-corrected chi connectivity index (χ0v) is 19.1. The van der Waals surface area contributed by atoms with Crippen LogP contribution in [0.4, 0.5) is 11.5 Å². The Morgan fingerprint density at radius 2 is 1.61 bits per heavy atom. The molecule has 0 saturated heterocycles. The minimum Gasteiger partial charge on any atom is -0.340 e. The van der Waals surface area contributed by atoms with Crippen LogP contribution in [0, 0.1) is 20.8 Å². The van der Waals surface area contributed by atoms with Crippen LogP contribution in [-0.2, 0) is 10.0 Å². The lowest BCUT2D eigenvalue weighted by atomic mass is 10.1. The van der Waals surface area contributed by atoms with E-state index in [1.54, 1.807) is 16.6 Å². The van der Waals surface area contributed by atoms with E-state index in [4.69, 9.17) is 10.1 Å². The van der Waals surface area contributed by atoms with Gasteiger partial charge in [-0.3, -0.25) is 0 Å². The molecular weight excluding hydrogens is 438 g/mol. The van der Waals surface area contributed by atoms with Gasteiger partial charge in [-0.15, -0.1) is 0 Å². The van der Waals surface area contributed by atoms with Gasteiger partial charge in [-0.05, 0) is 57.2 Å². The number of anilines is 2. The number of para-hydroxylation sites is 1. The van der Waals surface area contributed by atoms with E-state index in [0.717, 1.165) is 28.0 Å². The molecule has 0 aliphatic heterocycles. The van der Waals surface area contributed by atoms with E-state index in [-0.39, 0.29) is 4.90 Å². The van der Waals surface area contributed by atoms with Crippen LogP contribution in [0.5, 0.6) is 0 Å². The van der Waals surface area contributed by atoms with E-state index >= 15 is 0 Å². The van der Waals surface area contributed by atoms with Crippen molar-refractivity contribution in [2.24, 2.45) is 5.14 Å². The molecule has 0 aliphatic carbocycles. The lowest BCUT2D eigenvalue weighted by Gasteiger charge is -2.13. The molecule has 0 aliphatic rings. The predicted octanol–water partition coefficient (Wildman–Crippen LogP) is 3.66. The highest BCUT2D eigenvalue weighted by Gasteiger charge is 2.19. The second kappa shape index (κ2) is 7.61. The van der Waals surface area contributed by atoms with Crippen molar-refractivity contribution in [2.75, 3.05) is 5.32 Å². The summed E-state index contributed by atoms with van der Waals surface area (Å²) in [5, 5.41) is 14.2. The van der Waals surface area contributed by atoms with Crippen molar-refractivity contribution in [3.63, 3.8) is 0 Å². The summed E-state index contributed by atoms with van der Waals surface area (Å²) < 4.78 is 26.3. The van der Waals surface area contributed by atoms with E-state index < -0.39 is 10.0 Å². The smallest absolute Gasteiger partial charge is 0.238 e. The fourth-order valence-corrected chi connectivity index (χ4v) is 4.60. The molecular formula is C23H21N7O2S. The predicted molar refractivity (Wildman–Crippen MR) is 127 cm³/mol. The molecule has 33 heavy (non-hydrogen) atoms. The van der Waals surface area contributed by atoms with Crippen LogP contribution in [0.3, 0.4) is 0 Å². The maximum absolute atomic E-state index is 12.3. The zero-order valence-electron chi connectivity index (χ0n) is 18.2. The van der Waals surface area contributed by atoms with Crippen molar-refractivity contribution in [1.29, 1.82) is 0 Å². The van der Waals surface area contributed by atoms with E-state index in [0.29, 0.717) is 28.5 Å². The highest BCUT2D eigenvalue weighted by Crippen LogP contribution is 2.31. The van der Waals surface area contributed by atoms with Crippen LogP contribution >= 0.6 is 0 Å². The minimum absolute atomic E-state index is 0.0438. The lowest BCUT2D eigenvalue weighted by Crippen LogP contribution is -2.14. The second-order valence-corrected chi connectivity index (χ2v) is 9.42. The monoisotopic (exact) mass is 459 g/mol. The first-order valence-electron chi connectivity index (χ1n) is 10.2. The molecule has 0 atom stereocenters. The Morgan fingerprint density at radius 1 is 0.879 bits per heavy atom. The summed E-state index contributed by atoms with van der Waals surface area (Å²) in [4.78, 5) is 13.6. The van der Waals surface area contributed by atoms with Gasteiger partial charge >= 0.3 is 0 Å². The fraction of sp³-hybridized carbons (Fsp3) is 0.130. The number of nitrogens with two attached hydrogens (primary N) is 1. The van der Waals surface area contributed by atoms with Gasteiger partial charge in [-0.1, -0.05) is 12.1 Å². The second-order valence-electron chi connectivity index (χ2n) is 7.89. The van der Waals surface area contributed by atoms with Gasteiger partial charge in [0.15, 0.2) is 11.5 Å². The third-order valence-corrected chi connectivity index (χ3v) is 6.17. The molecule has 0 radical (unpaired) electrons. The minimum atomic E-state index is -3.99. The van der Waals surface area contributed by atoms with Crippen LogP contribution in [0.1, 0.15) is 17.1 Å². The van der Waals surface area contributed by atoms with Gasteiger partial charge in [0.2, 0.25) is 10.0 Å². The van der Waals surface area contributed by atoms with Crippen molar-refractivity contribution >= 4 is 38.1 Å². The third kappa shape index (κ3) is 3.90. The Kier molecular flexibility index (Phi) is 4.84. The summed E-state index contributed by atoms with van der Waals surface area (Å²) in [6.45, 7) is 5.57. The molecule has 3 N–H and O–H groups in total. The highest BCUT2D eigenvalue weighted by molar-refractivity contribution is 7.89. The molecule has 0 bridgehead atoms. The summed E-state index contributed by atoms with van der Waals surface area (Å²) >= 11 is 0. The molecule has 3 aromatic heterocycles. The number of sulfonamides is 1. The summed E-state index contributed by atoms with van der Waals surface area (Å²) in [7, 11) is -3.99. The van der Waals surface area contributed by atoms with Crippen molar-refractivity contribution in [3.05, 3.63) is 71.7 Å². The van der Waals surface area contributed by atoms with Crippen molar-refractivity contribution in [1.82, 2.24) is 24.6 Å². The standard InChI is InChI=1S/C23H21N7O2S/c1-13-10-14(2)26-23(25-13)18-12-16(8-9-20(18)33(24,31)32)27-22-17-6-4-5-7-19(17)30-21(28-22)11-15(3)29-30/h4-12H,1-3H3,(H,27,28)(H2,24,31,32). The number of fused-ring (bicyclic) bond motifs is 3.